The molecule has 0 N–H and O–H groups in total. The second-order valence-corrected chi connectivity index (χ2v) is 7.46. The minimum Gasteiger partial charge on any atom is -0.360 e. The van der Waals surface area contributed by atoms with Crippen molar-refractivity contribution in [2.24, 2.45) is 0 Å². The molecule has 0 radical (unpaired) electrons. The summed E-state index contributed by atoms with van der Waals surface area (Å²) >= 11 is 0. The van der Waals surface area contributed by atoms with Crippen molar-refractivity contribution in [3.63, 3.8) is 0 Å². The van der Waals surface area contributed by atoms with Crippen molar-refractivity contribution in [2.45, 2.75) is 39.4 Å². The van der Waals surface area contributed by atoms with Gasteiger partial charge in [-0.15, -0.1) is 0 Å². The van der Waals surface area contributed by atoms with Crippen LogP contribution in [0.2, 0.25) is 0 Å². The Kier molecular flexibility index (Phi) is 4.45. The molecule has 5 rings (SSSR count). The van der Waals surface area contributed by atoms with Crippen molar-refractivity contribution in [2.75, 3.05) is 6.54 Å². The molecule has 0 saturated heterocycles. The fraction of sp³-hybridized carbons (Fsp3) is 0.304. The van der Waals surface area contributed by atoms with Gasteiger partial charge in [-0.1, -0.05) is 54.5 Å². The molecule has 142 valence electrons. The smallest absolute Gasteiger partial charge is 0.143 e. The molecule has 3 heterocycles. The largest absolute Gasteiger partial charge is 0.360 e. The maximum Gasteiger partial charge on any atom is 0.143 e. The third kappa shape index (κ3) is 3.02. The highest BCUT2D eigenvalue weighted by Crippen LogP contribution is 2.34. The highest BCUT2D eigenvalue weighted by atomic mass is 16.5. The van der Waals surface area contributed by atoms with Crippen molar-refractivity contribution >= 4 is 10.8 Å². The summed E-state index contributed by atoms with van der Waals surface area (Å²) in [6.45, 7) is 5.88. The highest BCUT2D eigenvalue weighted by molar-refractivity contribution is 5.96. The molecule has 2 aromatic heterocycles. The van der Waals surface area contributed by atoms with E-state index >= 15 is 0 Å². The molecule has 0 amide bonds. The number of imidazole rings is 1. The van der Waals surface area contributed by atoms with Crippen LogP contribution in [0.3, 0.4) is 0 Å². The van der Waals surface area contributed by atoms with Crippen molar-refractivity contribution < 1.29 is 4.52 Å². The lowest BCUT2D eigenvalue weighted by Crippen LogP contribution is -2.30. The number of hydrogen-bond donors (Lipinski definition) is 0. The van der Waals surface area contributed by atoms with E-state index < -0.39 is 0 Å². The van der Waals surface area contributed by atoms with Crippen LogP contribution >= 0.6 is 0 Å². The Balaban J connectivity index is 1.46. The molecule has 5 nitrogen and oxygen atoms in total. The summed E-state index contributed by atoms with van der Waals surface area (Å²) < 4.78 is 8.00. The van der Waals surface area contributed by atoms with E-state index in [1.807, 2.05) is 6.20 Å². The second-order valence-electron chi connectivity index (χ2n) is 7.46. The summed E-state index contributed by atoms with van der Waals surface area (Å²) in [6.07, 6.45) is 5.99. The molecule has 2 aromatic carbocycles. The van der Waals surface area contributed by atoms with E-state index in [1.165, 1.54) is 16.3 Å². The molecular formula is C23H24N4O. The fourth-order valence-corrected chi connectivity index (χ4v) is 4.18. The number of fused-ring (bicyclic) bond motifs is 2. The summed E-state index contributed by atoms with van der Waals surface area (Å²) in [5.41, 5.74) is 3.35. The van der Waals surface area contributed by atoms with E-state index in [4.69, 9.17) is 4.52 Å². The van der Waals surface area contributed by atoms with Crippen LogP contribution in [-0.4, -0.2) is 26.2 Å². The first-order valence-corrected chi connectivity index (χ1v) is 10.0. The molecule has 1 aliphatic heterocycles. The predicted octanol–water partition coefficient (Wildman–Crippen LogP) is 4.66. The monoisotopic (exact) mass is 372 g/mol. The van der Waals surface area contributed by atoms with Gasteiger partial charge < -0.3 is 9.09 Å². The topological polar surface area (TPSA) is 47.1 Å². The average molecular weight is 372 g/mol. The van der Waals surface area contributed by atoms with Gasteiger partial charge in [-0.05, 0) is 17.2 Å². The Morgan fingerprint density at radius 2 is 2.00 bits per heavy atom. The molecule has 0 fully saturated rings. The third-order valence-corrected chi connectivity index (χ3v) is 5.58. The van der Waals surface area contributed by atoms with Gasteiger partial charge in [0.15, 0.2) is 0 Å². The van der Waals surface area contributed by atoms with E-state index in [2.05, 4.69) is 75.2 Å². The van der Waals surface area contributed by atoms with Gasteiger partial charge in [0.2, 0.25) is 0 Å². The number of rotatable bonds is 5. The van der Waals surface area contributed by atoms with Crippen molar-refractivity contribution in [1.82, 2.24) is 19.6 Å². The zero-order valence-electron chi connectivity index (χ0n) is 16.1. The molecule has 0 atom stereocenters. The van der Waals surface area contributed by atoms with Crippen LogP contribution in [0.15, 0.2) is 59.4 Å². The second kappa shape index (κ2) is 7.24. The number of aromatic nitrogens is 3. The zero-order valence-corrected chi connectivity index (χ0v) is 16.1. The summed E-state index contributed by atoms with van der Waals surface area (Å²) in [7, 11) is 0. The average Bonchev–Trinajstić information content (AvgIpc) is 3.35. The number of benzene rings is 2. The van der Waals surface area contributed by atoms with Gasteiger partial charge in [0.25, 0.3) is 0 Å². The molecule has 0 saturated carbocycles. The summed E-state index contributed by atoms with van der Waals surface area (Å²) in [5.74, 6) is 2.16. The standard InChI is InChI=1S/C23H24N4O/c1-2-12-27-14-11-24-22(27)16-26-13-10-21-20(15-26)23(25-28-21)19-9-5-7-17-6-3-4-8-18(17)19/h3-9,11,14H,2,10,12-13,15-16H2,1H3. The Labute approximate surface area is 164 Å². The minimum absolute atomic E-state index is 0.844. The van der Waals surface area contributed by atoms with Crippen LogP contribution in [0.25, 0.3) is 22.0 Å². The van der Waals surface area contributed by atoms with Gasteiger partial charge in [0.1, 0.15) is 17.3 Å². The van der Waals surface area contributed by atoms with Gasteiger partial charge in [0.05, 0.1) is 6.54 Å². The zero-order chi connectivity index (χ0) is 18.9. The molecule has 0 spiro atoms. The molecular weight excluding hydrogens is 348 g/mol. The Morgan fingerprint density at radius 3 is 2.93 bits per heavy atom. The van der Waals surface area contributed by atoms with Gasteiger partial charge in [-0.2, -0.15) is 0 Å². The van der Waals surface area contributed by atoms with Crippen LogP contribution in [0.1, 0.15) is 30.5 Å². The third-order valence-electron chi connectivity index (χ3n) is 5.58. The first kappa shape index (κ1) is 17.2. The van der Waals surface area contributed by atoms with Crippen LogP contribution < -0.4 is 0 Å². The first-order valence-electron chi connectivity index (χ1n) is 10.0. The Morgan fingerprint density at radius 1 is 1.11 bits per heavy atom. The van der Waals surface area contributed by atoms with Crippen molar-refractivity contribution in [1.29, 1.82) is 0 Å². The molecule has 5 heteroatoms. The van der Waals surface area contributed by atoms with Gasteiger partial charge >= 0.3 is 0 Å². The van der Waals surface area contributed by atoms with E-state index in [-0.39, 0.29) is 0 Å². The van der Waals surface area contributed by atoms with Crippen LogP contribution in [0.4, 0.5) is 0 Å². The summed E-state index contributed by atoms with van der Waals surface area (Å²) in [6, 6.07) is 14.8. The number of nitrogens with zero attached hydrogens (tertiary/aromatic N) is 4. The fourth-order valence-electron chi connectivity index (χ4n) is 4.18. The lowest BCUT2D eigenvalue weighted by Gasteiger charge is -2.26. The van der Waals surface area contributed by atoms with Gasteiger partial charge in [-0.25, -0.2) is 4.98 Å². The van der Waals surface area contributed by atoms with E-state index in [1.54, 1.807) is 0 Å². The lowest BCUT2D eigenvalue weighted by atomic mass is 9.97. The van der Waals surface area contributed by atoms with Crippen molar-refractivity contribution in [3.05, 3.63) is 72.0 Å². The molecule has 0 unspecified atom stereocenters. The molecule has 0 bridgehead atoms. The van der Waals surface area contributed by atoms with Crippen LogP contribution in [0, 0.1) is 0 Å². The SMILES string of the molecule is CCCn1ccnc1CN1CCc2onc(-c3cccc4ccccc34)c2C1. The number of aryl methyl sites for hydroxylation is 1. The van der Waals surface area contributed by atoms with E-state index in [0.29, 0.717) is 0 Å². The molecule has 28 heavy (non-hydrogen) atoms. The van der Waals surface area contributed by atoms with Crippen LogP contribution in [0.5, 0.6) is 0 Å². The van der Waals surface area contributed by atoms with E-state index in [0.717, 1.165) is 61.9 Å². The predicted molar refractivity (Wildman–Crippen MR) is 110 cm³/mol. The lowest BCUT2D eigenvalue weighted by molar-refractivity contribution is 0.220. The quantitative estimate of drug-likeness (QED) is 0.511. The van der Waals surface area contributed by atoms with Gasteiger partial charge in [-0.3, -0.25) is 4.90 Å². The summed E-state index contributed by atoms with van der Waals surface area (Å²) in [4.78, 5) is 7.02. The molecule has 1 aliphatic rings. The normalized spacial score (nSPS) is 14.5. The van der Waals surface area contributed by atoms with Crippen molar-refractivity contribution in [3.8, 4) is 11.3 Å². The summed E-state index contributed by atoms with van der Waals surface area (Å²) in [5, 5.41) is 6.92. The van der Waals surface area contributed by atoms with Crippen LogP contribution in [-0.2, 0) is 26.1 Å². The minimum atomic E-state index is 0.844. The first-order chi connectivity index (χ1) is 13.8. The number of hydrogen-bond acceptors (Lipinski definition) is 4. The maximum atomic E-state index is 5.74. The molecule has 4 aromatic rings. The Hall–Kier alpha value is -2.92. The van der Waals surface area contributed by atoms with E-state index in [9.17, 15) is 0 Å². The maximum absolute atomic E-state index is 5.74. The molecule has 0 aliphatic carbocycles. The van der Waals surface area contributed by atoms with Gasteiger partial charge in [0, 0.05) is 49.6 Å². The Bertz CT molecular complexity index is 1110. The highest BCUT2D eigenvalue weighted by Gasteiger charge is 2.26.